The normalized spacial score (nSPS) is 14.3. The summed E-state index contributed by atoms with van der Waals surface area (Å²) in [4.78, 5) is 0. The lowest BCUT2D eigenvalue weighted by molar-refractivity contribution is 0.486. The number of rotatable bonds is 1. The Bertz CT molecular complexity index is 270. The zero-order valence-corrected chi connectivity index (χ0v) is 6.23. The Hall–Kier alpha value is -1.05. The topological polar surface area (TPSA) is 12.0 Å². The molecule has 0 amide bonds. The van der Waals surface area contributed by atoms with Gasteiger partial charge in [-0.25, -0.2) is 4.39 Å². The van der Waals surface area contributed by atoms with Gasteiger partial charge < -0.3 is 5.32 Å². The maximum absolute atomic E-state index is 12.3. The van der Waals surface area contributed by atoms with E-state index in [0.29, 0.717) is 0 Å². The van der Waals surface area contributed by atoms with Crippen LogP contribution in [0.1, 0.15) is 11.1 Å². The molecule has 11 heavy (non-hydrogen) atoms. The minimum Gasteiger partial charge on any atom is -0.384 e. The molecule has 0 unspecified atom stereocenters. The molecule has 0 spiro atoms. The van der Waals surface area contributed by atoms with Crippen LogP contribution >= 0.6 is 0 Å². The fourth-order valence-corrected chi connectivity index (χ4v) is 1.52. The largest absolute Gasteiger partial charge is 0.384 e. The first-order valence-corrected chi connectivity index (χ1v) is 3.82. The number of anilines is 1. The van der Waals surface area contributed by atoms with E-state index < -0.39 is 0 Å². The van der Waals surface area contributed by atoms with Gasteiger partial charge in [0.05, 0.1) is 0 Å². The molecule has 1 N–H and O–H groups in total. The number of alkyl halides is 1. The van der Waals surface area contributed by atoms with Gasteiger partial charge in [-0.05, 0) is 12.0 Å². The first kappa shape index (κ1) is 6.65. The van der Waals surface area contributed by atoms with E-state index in [0.717, 1.165) is 24.2 Å². The van der Waals surface area contributed by atoms with Crippen molar-refractivity contribution in [2.24, 2.45) is 0 Å². The zero-order valence-electron chi connectivity index (χ0n) is 6.23. The Balaban J connectivity index is 2.50. The lowest BCUT2D eigenvalue weighted by Crippen LogP contribution is -1.94. The number of nitrogens with one attached hydrogen (secondary N) is 1. The number of benzene rings is 1. The van der Waals surface area contributed by atoms with E-state index in [1.807, 2.05) is 12.1 Å². The van der Waals surface area contributed by atoms with Crippen LogP contribution in [0.25, 0.3) is 0 Å². The van der Waals surface area contributed by atoms with E-state index in [2.05, 4.69) is 11.4 Å². The third kappa shape index (κ3) is 0.985. The van der Waals surface area contributed by atoms with Gasteiger partial charge >= 0.3 is 0 Å². The smallest absolute Gasteiger partial charge is 0.117 e. The maximum Gasteiger partial charge on any atom is 0.117 e. The molecule has 2 heteroatoms. The number of para-hydroxylation sites is 1. The van der Waals surface area contributed by atoms with Crippen LogP contribution in [0.3, 0.4) is 0 Å². The molecule has 0 bridgehead atoms. The average molecular weight is 151 g/mol. The molecule has 2 rings (SSSR count). The zero-order chi connectivity index (χ0) is 7.68. The Morgan fingerprint density at radius 2 is 2.36 bits per heavy atom. The van der Waals surface area contributed by atoms with Crippen LogP contribution in [0.5, 0.6) is 0 Å². The molecule has 0 radical (unpaired) electrons. The molecule has 58 valence electrons. The highest BCUT2D eigenvalue weighted by Crippen LogP contribution is 2.26. The van der Waals surface area contributed by atoms with Gasteiger partial charge in [-0.2, -0.15) is 0 Å². The van der Waals surface area contributed by atoms with Crippen molar-refractivity contribution in [2.45, 2.75) is 13.1 Å². The van der Waals surface area contributed by atoms with Gasteiger partial charge in [-0.15, -0.1) is 0 Å². The summed E-state index contributed by atoms with van der Waals surface area (Å²) in [5.41, 5.74) is 3.06. The second kappa shape index (κ2) is 2.53. The summed E-state index contributed by atoms with van der Waals surface area (Å²) in [6, 6.07) is 5.80. The minimum atomic E-state index is -0.365. The number of hydrogen-bond donors (Lipinski definition) is 1. The summed E-state index contributed by atoms with van der Waals surface area (Å²) < 4.78 is 12.3. The lowest BCUT2D eigenvalue weighted by atomic mass is 10.1. The molecule has 1 aromatic rings. The highest BCUT2D eigenvalue weighted by molar-refractivity contribution is 5.60. The Labute approximate surface area is 65.2 Å². The van der Waals surface area contributed by atoms with Crippen molar-refractivity contribution in [2.75, 3.05) is 11.9 Å². The minimum absolute atomic E-state index is 0.365. The van der Waals surface area contributed by atoms with Crippen molar-refractivity contribution in [3.63, 3.8) is 0 Å². The van der Waals surface area contributed by atoms with Crippen molar-refractivity contribution in [1.82, 2.24) is 0 Å². The van der Waals surface area contributed by atoms with Crippen molar-refractivity contribution in [3.8, 4) is 0 Å². The van der Waals surface area contributed by atoms with Crippen LogP contribution in [0, 0.1) is 0 Å². The fraction of sp³-hybridized carbons (Fsp3) is 0.333. The Morgan fingerprint density at radius 3 is 3.18 bits per heavy atom. The number of halogens is 1. The standard InChI is InChI=1S/C9H10FN/c10-6-8-3-1-2-7-4-5-11-9(7)8/h1-3,11H,4-6H2. The molecule has 1 nitrogen and oxygen atoms in total. The average Bonchev–Trinajstić information content (AvgIpc) is 2.50. The van der Waals surface area contributed by atoms with E-state index in [1.165, 1.54) is 5.56 Å². The summed E-state index contributed by atoms with van der Waals surface area (Å²) >= 11 is 0. The molecule has 0 atom stereocenters. The molecule has 0 aliphatic carbocycles. The van der Waals surface area contributed by atoms with Crippen LogP contribution in [-0.4, -0.2) is 6.54 Å². The van der Waals surface area contributed by atoms with Gasteiger partial charge in [0.1, 0.15) is 6.67 Å². The first-order valence-electron chi connectivity index (χ1n) is 3.82. The van der Waals surface area contributed by atoms with Crippen LogP contribution in [-0.2, 0) is 13.1 Å². The molecule has 0 saturated heterocycles. The van der Waals surface area contributed by atoms with Gasteiger partial charge in [0.15, 0.2) is 0 Å². The molecule has 1 aromatic carbocycles. The maximum atomic E-state index is 12.3. The molecule has 0 fully saturated rings. The van der Waals surface area contributed by atoms with Crippen LogP contribution in [0.2, 0.25) is 0 Å². The second-order valence-electron chi connectivity index (χ2n) is 2.76. The summed E-state index contributed by atoms with van der Waals surface area (Å²) in [6.07, 6.45) is 1.03. The second-order valence-corrected chi connectivity index (χ2v) is 2.76. The van der Waals surface area contributed by atoms with Crippen molar-refractivity contribution < 1.29 is 4.39 Å². The third-order valence-corrected chi connectivity index (χ3v) is 2.08. The summed E-state index contributed by atoms with van der Waals surface area (Å²) in [6.45, 7) is 0.586. The predicted molar refractivity (Wildman–Crippen MR) is 43.4 cm³/mol. The van der Waals surface area contributed by atoms with Gasteiger partial charge in [0.2, 0.25) is 0 Å². The summed E-state index contributed by atoms with van der Waals surface area (Å²) in [7, 11) is 0. The van der Waals surface area contributed by atoms with Gasteiger partial charge in [-0.1, -0.05) is 18.2 Å². The number of fused-ring (bicyclic) bond motifs is 1. The molecule has 1 aliphatic rings. The summed E-state index contributed by atoms with van der Waals surface area (Å²) in [5, 5.41) is 3.18. The van der Waals surface area contributed by atoms with Gasteiger partial charge in [-0.3, -0.25) is 0 Å². The quantitative estimate of drug-likeness (QED) is 0.648. The van der Waals surface area contributed by atoms with E-state index in [9.17, 15) is 4.39 Å². The van der Waals surface area contributed by atoms with E-state index in [1.54, 1.807) is 0 Å². The molecule has 1 aliphatic heterocycles. The van der Waals surface area contributed by atoms with Gasteiger partial charge in [0, 0.05) is 17.8 Å². The molecule has 1 heterocycles. The van der Waals surface area contributed by atoms with Crippen LogP contribution in [0.15, 0.2) is 18.2 Å². The number of hydrogen-bond acceptors (Lipinski definition) is 1. The molecule has 0 aromatic heterocycles. The van der Waals surface area contributed by atoms with Crippen molar-refractivity contribution in [1.29, 1.82) is 0 Å². The van der Waals surface area contributed by atoms with Crippen molar-refractivity contribution in [3.05, 3.63) is 29.3 Å². The van der Waals surface area contributed by atoms with Gasteiger partial charge in [0.25, 0.3) is 0 Å². The highest BCUT2D eigenvalue weighted by atomic mass is 19.1. The van der Waals surface area contributed by atoms with Crippen LogP contribution < -0.4 is 5.32 Å². The fourth-order valence-electron chi connectivity index (χ4n) is 1.52. The monoisotopic (exact) mass is 151 g/mol. The lowest BCUT2D eigenvalue weighted by Gasteiger charge is -2.03. The Kier molecular flexibility index (Phi) is 1.53. The summed E-state index contributed by atoms with van der Waals surface area (Å²) in [5.74, 6) is 0. The third-order valence-electron chi connectivity index (χ3n) is 2.08. The molecular weight excluding hydrogens is 141 g/mol. The SMILES string of the molecule is FCc1cccc2c1NCC2. The molecular formula is C9H10FN. The molecule has 0 saturated carbocycles. The Morgan fingerprint density at radius 1 is 1.45 bits per heavy atom. The van der Waals surface area contributed by atoms with Crippen LogP contribution in [0.4, 0.5) is 10.1 Å². The van der Waals surface area contributed by atoms with E-state index in [-0.39, 0.29) is 6.67 Å². The predicted octanol–water partition coefficient (Wildman–Crippen LogP) is 2.12. The van der Waals surface area contributed by atoms with E-state index in [4.69, 9.17) is 0 Å². The van der Waals surface area contributed by atoms with E-state index >= 15 is 0 Å². The van der Waals surface area contributed by atoms with Crippen molar-refractivity contribution >= 4 is 5.69 Å². The first-order chi connectivity index (χ1) is 5.42. The highest BCUT2D eigenvalue weighted by Gasteiger charge is 2.12.